The first-order chi connectivity index (χ1) is 8.47. The van der Waals surface area contributed by atoms with Gasteiger partial charge in [-0.15, -0.1) is 0 Å². The van der Waals surface area contributed by atoms with Crippen LogP contribution in [0.4, 0.5) is 5.69 Å². The molecule has 0 fully saturated rings. The Labute approximate surface area is 115 Å². The molecule has 0 aliphatic rings. The van der Waals surface area contributed by atoms with E-state index in [0.29, 0.717) is 11.6 Å². The summed E-state index contributed by atoms with van der Waals surface area (Å²) in [6, 6.07) is 5.76. The van der Waals surface area contributed by atoms with Gasteiger partial charge >= 0.3 is 0 Å². The topological polar surface area (TPSA) is 56.7 Å². The summed E-state index contributed by atoms with van der Waals surface area (Å²) in [5, 5.41) is 4.43. The number of aryl methyl sites for hydroxylation is 1. The van der Waals surface area contributed by atoms with Crippen LogP contribution in [0.1, 0.15) is 19.7 Å². The Balaban J connectivity index is 2.44. The predicted molar refractivity (Wildman–Crippen MR) is 77.1 cm³/mol. The highest BCUT2D eigenvalue weighted by atomic mass is 79.9. The largest absolute Gasteiger partial charge is 0.398 e. The Morgan fingerprint density at radius 1 is 1.39 bits per heavy atom. The second kappa shape index (κ2) is 5.10. The highest BCUT2D eigenvalue weighted by molar-refractivity contribution is 9.10. The Bertz CT molecular complexity index is 560. The summed E-state index contributed by atoms with van der Waals surface area (Å²) in [5.41, 5.74) is 7.62. The van der Waals surface area contributed by atoms with Crippen LogP contribution in [0.3, 0.4) is 0 Å². The highest BCUT2D eigenvalue weighted by Gasteiger charge is 2.13. The highest BCUT2D eigenvalue weighted by Crippen LogP contribution is 2.27. The van der Waals surface area contributed by atoms with Crippen LogP contribution in [-0.4, -0.2) is 14.8 Å². The zero-order valence-corrected chi connectivity index (χ0v) is 12.4. The molecule has 2 N–H and O–H groups in total. The summed E-state index contributed by atoms with van der Waals surface area (Å²) in [6.45, 7) is 4.31. The van der Waals surface area contributed by atoms with Crippen LogP contribution in [0.15, 0.2) is 22.7 Å². The molecule has 4 nitrogen and oxygen atoms in total. The molecule has 2 rings (SSSR count). The van der Waals surface area contributed by atoms with Crippen LogP contribution in [0.5, 0.6) is 0 Å². The molecule has 1 heterocycles. The second-order valence-corrected chi connectivity index (χ2v) is 5.72. The molecule has 1 aromatic heterocycles. The van der Waals surface area contributed by atoms with Gasteiger partial charge in [0.1, 0.15) is 0 Å². The first-order valence-electron chi connectivity index (χ1n) is 5.92. The number of aromatic nitrogens is 3. The molecule has 0 spiro atoms. The summed E-state index contributed by atoms with van der Waals surface area (Å²) in [4.78, 5) is 4.57. The zero-order valence-electron chi connectivity index (χ0n) is 10.8. The first-order valence-corrected chi connectivity index (χ1v) is 6.72. The van der Waals surface area contributed by atoms with E-state index < -0.39 is 0 Å². The summed E-state index contributed by atoms with van der Waals surface area (Å²) >= 11 is 3.45. The van der Waals surface area contributed by atoms with Crippen molar-refractivity contribution in [3.05, 3.63) is 28.5 Å². The fourth-order valence-electron chi connectivity index (χ4n) is 1.85. The number of halogens is 1. The van der Waals surface area contributed by atoms with E-state index in [9.17, 15) is 0 Å². The standard InChI is InChI=1S/C13H17BrN4/c1-8(2)6-12-16-13(18(3)17-12)10-7-9(14)4-5-11(10)15/h4-5,7-8H,6,15H2,1-3H3. The lowest BCUT2D eigenvalue weighted by Gasteiger charge is -2.04. The molecule has 0 aliphatic carbocycles. The van der Waals surface area contributed by atoms with Gasteiger partial charge in [0.05, 0.1) is 0 Å². The molecule has 96 valence electrons. The van der Waals surface area contributed by atoms with E-state index in [4.69, 9.17) is 5.73 Å². The number of benzene rings is 1. The normalized spacial score (nSPS) is 11.2. The molecule has 1 aromatic carbocycles. The van der Waals surface area contributed by atoms with Crippen molar-refractivity contribution in [1.29, 1.82) is 0 Å². The van der Waals surface area contributed by atoms with Gasteiger partial charge in [0.2, 0.25) is 0 Å². The van der Waals surface area contributed by atoms with Gasteiger partial charge in [-0.05, 0) is 24.1 Å². The smallest absolute Gasteiger partial charge is 0.160 e. The third-order valence-corrected chi connectivity index (χ3v) is 3.15. The van der Waals surface area contributed by atoms with E-state index >= 15 is 0 Å². The summed E-state index contributed by atoms with van der Waals surface area (Å²) in [6.07, 6.45) is 0.877. The minimum absolute atomic E-state index is 0.542. The number of hydrogen-bond donors (Lipinski definition) is 1. The van der Waals surface area contributed by atoms with Crippen molar-refractivity contribution in [1.82, 2.24) is 14.8 Å². The van der Waals surface area contributed by atoms with Crippen molar-refractivity contribution < 1.29 is 0 Å². The molecule has 0 bridgehead atoms. The molecule has 0 saturated heterocycles. The number of nitrogens with zero attached hydrogens (tertiary/aromatic N) is 3. The summed E-state index contributed by atoms with van der Waals surface area (Å²) in [5.74, 6) is 2.21. The van der Waals surface area contributed by atoms with Crippen LogP contribution in [0, 0.1) is 5.92 Å². The second-order valence-electron chi connectivity index (χ2n) is 4.80. The van der Waals surface area contributed by atoms with Crippen molar-refractivity contribution >= 4 is 21.6 Å². The van der Waals surface area contributed by atoms with Gasteiger partial charge < -0.3 is 5.73 Å². The number of hydrogen-bond acceptors (Lipinski definition) is 3. The van der Waals surface area contributed by atoms with E-state index in [1.807, 2.05) is 25.2 Å². The van der Waals surface area contributed by atoms with Crippen molar-refractivity contribution in [2.45, 2.75) is 20.3 Å². The summed E-state index contributed by atoms with van der Waals surface area (Å²) in [7, 11) is 1.90. The lowest BCUT2D eigenvalue weighted by molar-refractivity contribution is 0.613. The monoisotopic (exact) mass is 308 g/mol. The molecule has 0 unspecified atom stereocenters. The van der Waals surface area contributed by atoms with Gasteiger partial charge in [-0.25, -0.2) is 9.67 Å². The van der Waals surface area contributed by atoms with E-state index in [1.54, 1.807) is 4.68 Å². The van der Waals surface area contributed by atoms with Crippen molar-refractivity contribution in [3.63, 3.8) is 0 Å². The van der Waals surface area contributed by atoms with Gasteiger partial charge in [0.25, 0.3) is 0 Å². The van der Waals surface area contributed by atoms with Gasteiger partial charge in [0.15, 0.2) is 11.6 Å². The predicted octanol–water partition coefficient (Wildman–Crippen LogP) is 3.03. The fraction of sp³-hybridized carbons (Fsp3) is 0.385. The van der Waals surface area contributed by atoms with E-state index in [2.05, 4.69) is 39.9 Å². The van der Waals surface area contributed by atoms with E-state index in [1.165, 1.54) is 0 Å². The molecule has 0 atom stereocenters. The SMILES string of the molecule is CC(C)Cc1nc(-c2cc(Br)ccc2N)n(C)n1. The number of anilines is 1. The maximum atomic E-state index is 6.00. The minimum Gasteiger partial charge on any atom is -0.398 e. The van der Waals surface area contributed by atoms with Crippen LogP contribution in [-0.2, 0) is 13.5 Å². The Kier molecular flexibility index (Phi) is 3.71. The average Bonchev–Trinajstić information content (AvgIpc) is 2.62. The molecule has 0 amide bonds. The Hall–Kier alpha value is -1.36. The van der Waals surface area contributed by atoms with Crippen molar-refractivity contribution in [2.24, 2.45) is 13.0 Å². The van der Waals surface area contributed by atoms with Crippen molar-refractivity contribution in [2.75, 3.05) is 5.73 Å². The van der Waals surface area contributed by atoms with Crippen LogP contribution < -0.4 is 5.73 Å². The van der Waals surface area contributed by atoms with Crippen LogP contribution in [0.25, 0.3) is 11.4 Å². The number of rotatable bonds is 3. The maximum Gasteiger partial charge on any atom is 0.160 e. The lowest BCUT2D eigenvalue weighted by atomic mass is 10.1. The Morgan fingerprint density at radius 2 is 2.11 bits per heavy atom. The van der Waals surface area contributed by atoms with Gasteiger partial charge in [-0.1, -0.05) is 29.8 Å². The van der Waals surface area contributed by atoms with Gasteiger partial charge in [-0.3, -0.25) is 0 Å². The van der Waals surface area contributed by atoms with Gasteiger partial charge in [0, 0.05) is 29.2 Å². The molecule has 0 saturated carbocycles. The molecule has 0 aliphatic heterocycles. The number of nitrogens with two attached hydrogens (primary N) is 1. The van der Waals surface area contributed by atoms with E-state index in [0.717, 1.165) is 28.1 Å². The van der Waals surface area contributed by atoms with Gasteiger partial charge in [-0.2, -0.15) is 5.10 Å². The average molecular weight is 309 g/mol. The third kappa shape index (κ3) is 2.72. The quantitative estimate of drug-likeness (QED) is 0.887. The van der Waals surface area contributed by atoms with E-state index in [-0.39, 0.29) is 0 Å². The molecular weight excluding hydrogens is 292 g/mol. The summed E-state index contributed by atoms with van der Waals surface area (Å²) < 4.78 is 2.77. The molecule has 18 heavy (non-hydrogen) atoms. The lowest BCUT2D eigenvalue weighted by Crippen LogP contribution is -1.98. The Morgan fingerprint density at radius 3 is 2.78 bits per heavy atom. The first kappa shape index (κ1) is 13.1. The molecule has 0 radical (unpaired) electrons. The molecular formula is C13H17BrN4. The fourth-order valence-corrected chi connectivity index (χ4v) is 2.21. The minimum atomic E-state index is 0.542. The third-order valence-electron chi connectivity index (χ3n) is 2.65. The maximum absolute atomic E-state index is 6.00. The van der Waals surface area contributed by atoms with Crippen LogP contribution in [0.2, 0.25) is 0 Å². The van der Waals surface area contributed by atoms with Crippen LogP contribution >= 0.6 is 15.9 Å². The van der Waals surface area contributed by atoms with Crippen molar-refractivity contribution in [3.8, 4) is 11.4 Å². The molecule has 2 aromatic rings. The zero-order chi connectivity index (χ0) is 13.3. The molecule has 5 heteroatoms. The number of nitrogen functional groups attached to an aromatic ring is 1.